The molecule has 32 heavy (non-hydrogen) atoms. The van der Waals surface area contributed by atoms with Gasteiger partial charge in [0, 0.05) is 10.6 Å². The van der Waals surface area contributed by atoms with Crippen LogP contribution >= 0.6 is 23.4 Å². The molecule has 2 aromatic heterocycles. The molecule has 1 amide bonds. The fourth-order valence-corrected chi connectivity index (χ4v) is 4.03. The molecule has 2 aromatic carbocycles. The van der Waals surface area contributed by atoms with Gasteiger partial charge in [0.25, 0.3) is 0 Å². The number of ether oxygens (including phenoxy) is 1. The first-order valence-electron chi connectivity index (χ1n) is 10.00. The van der Waals surface area contributed by atoms with E-state index in [9.17, 15) is 4.79 Å². The number of hydrogen-bond donors (Lipinski definition) is 1. The van der Waals surface area contributed by atoms with Gasteiger partial charge in [0.2, 0.25) is 5.91 Å². The molecular weight excluding hydrogens is 448 g/mol. The van der Waals surface area contributed by atoms with Gasteiger partial charge in [0.1, 0.15) is 11.5 Å². The Hall–Kier alpha value is -3.23. The number of furan rings is 1. The molecule has 0 atom stereocenters. The van der Waals surface area contributed by atoms with Crippen molar-refractivity contribution in [1.29, 1.82) is 0 Å². The van der Waals surface area contributed by atoms with Gasteiger partial charge in [-0.25, -0.2) is 0 Å². The lowest BCUT2D eigenvalue weighted by atomic mass is 10.2. The predicted octanol–water partition coefficient (Wildman–Crippen LogP) is 5.37. The van der Waals surface area contributed by atoms with Crippen molar-refractivity contribution in [2.24, 2.45) is 0 Å². The zero-order chi connectivity index (χ0) is 22.3. The van der Waals surface area contributed by atoms with Gasteiger partial charge < -0.3 is 14.5 Å². The molecule has 0 fully saturated rings. The number of amides is 1. The predicted molar refractivity (Wildman–Crippen MR) is 125 cm³/mol. The first-order chi connectivity index (χ1) is 15.6. The second kappa shape index (κ2) is 10.4. The van der Waals surface area contributed by atoms with E-state index in [2.05, 4.69) is 15.5 Å². The van der Waals surface area contributed by atoms with Gasteiger partial charge >= 0.3 is 0 Å². The SMILES string of the molecule is CCOc1ccccc1NC(=O)CSc1nnc(-c2cccc(Cl)c2)n1Cc1ccco1. The third kappa shape index (κ3) is 5.33. The molecule has 0 saturated carbocycles. The van der Waals surface area contributed by atoms with Crippen molar-refractivity contribution < 1.29 is 13.9 Å². The molecule has 0 saturated heterocycles. The lowest BCUT2D eigenvalue weighted by molar-refractivity contribution is -0.113. The molecule has 0 aliphatic heterocycles. The van der Waals surface area contributed by atoms with Crippen molar-refractivity contribution in [3.63, 3.8) is 0 Å². The number of nitrogens with one attached hydrogen (secondary N) is 1. The fourth-order valence-electron chi connectivity index (χ4n) is 3.11. The van der Waals surface area contributed by atoms with E-state index in [0.717, 1.165) is 11.3 Å². The highest BCUT2D eigenvalue weighted by molar-refractivity contribution is 7.99. The number of thioether (sulfide) groups is 1. The summed E-state index contributed by atoms with van der Waals surface area (Å²) in [6.45, 7) is 2.85. The van der Waals surface area contributed by atoms with Crippen LogP contribution in [0, 0.1) is 0 Å². The molecule has 0 aliphatic rings. The molecule has 1 N–H and O–H groups in total. The Labute approximate surface area is 194 Å². The van der Waals surface area contributed by atoms with Crippen molar-refractivity contribution in [3.8, 4) is 17.1 Å². The second-order valence-corrected chi connectivity index (χ2v) is 8.13. The summed E-state index contributed by atoms with van der Waals surface area (Å²) < 4.78 is 13.0. The van der Waals surface area contributed by atoms with Gasteiger partial charge in [-0.05, 0) is 43.3 Å². The number of benzene rings is 2. The second-order valence-electron chi connectivity index (χ2n) is 6.75. The molecule has 7 nitrogen and oxygen atoms in total. The molecular formula is C23H21ClN4O3S. The van der Waals surface area contributed by atoms with Crippen molar-refractivity contribution in [2.75, 3.05) is 17.7 Å². The minimum atomic E-state index is -0.168. The summed E-state index contributed by atoms with van der Waals surface area (Å²) in [5.41, 5.74) is 1.47. The third-order valence-corrected chi connectivity index (χ3v) is 5.69. The maximum Gasteiger partial charge on any atom is 0.234 e. The highest BCUT2D eigenvalue weighted by Gasteiger charge is 2.18. The van der Waals surface area contributed by atoms with Crippen LogP contribution in [0.25, 0.3) is 11.4 Å². The van der Waals surface area contributed by atoms with E-state index >= 15 is 0 Å². The maximum absolute atomic E-state index is 12.6. The van der Waals surface area contributed by atoms with E-state index in [0.29, 0.717) is 40.6 Å². The summed E-state index contributed by atoms with van der Waals surface area (Å²) in [5.74, 6) is 2.03. The molecule has 4 aromatic rings. The van der Waals surface area contributed by atoms with Crippen molar-refractivity contribution in [3.05, 3.63) is 77.7 Å². The number of rotatable bonds is 9. The molecule has 0 aliphatic carbocycles. The Morgan fingerprint density at radius 2 is 2.03 bits per heavy atom. The Morgan fingerprint density at radius 3 is 2.81 bits per heavy atom. The third-order valence-electron chi connectivity index (χ3n) is 4.49. The minimum Gasteiger partial charge on any atom is -0.492 e. The van der Waals surface area contributed by atoms with E-state index in [4.69, 9.17) is 20.8 Å². The quantitative estimate of drug-likeness (QED) is 0.332. The summed E-state index contributed by atoms with van der Waals surface area (Å²) in [6.07, 6.45) is 1.62. The van der Waals surface area contributed by atoms with Crippen LogP contribution in [0.15, 0.2) is 76.5 Å². The summed E-state index contributed by atoms with van der Waals surface area (Å²) in [7, 11) is 0. The molecule has 2 heterocycles. The largest absolute Gasteiger partial charge is 0.492 e. The highest BCUT2D eigenvalue weighted by Crippen LogP contribution is 2.28. The average Bonchev–Trinajstić information content (AvgIpc) is 3.44. The van der Waals surface area contributed by atoms with Crippen LogP contribution in [-0.4, -0.2) is 33.0 Å². The Morgan fingerprint density at radius 1 is 1.16 bits per heavy atom. The number of carbonyl (C=O) groups is 1. The molecule has 0 spiro atoms. The Balaban J connectivity index is 1.52. The fraction of sp³-hybridized carbons (Fsp3) is 0.174. The van der Waals surface area contributed by atoms with E-state index in [-0.39, 0.29) is 11.7 Å². The number of hydrogen-bond acceptors (Lipinski definition) is 6. The number of para-hydroxylation sites is 2. The van der Waals surface area contributed by atoms with Crippen LogP contribution in [0.2, 0.25) is 5.02 Å². The standard InChI is InChI=1S/C23H21ClN4O3S/c1-2-30-20-11-4-3-10-19(20)25-21(29)15-32-23-27-26-22(16-7-5-8-17(24)13-16)28(23)14-18-9-6-12-31-18/h3-13H,2,14-15H2,1H3,(H,25,29). The zero-order valence-corrected chi connectivity index (χ0v) is 18.9. The monoisotopic (exact) mass is 468 g/mol. The molecule has 0 bridgehead atoms. The zero-order valence-electron chi connectivity index (χ0n) is 17.3. The summed E-state index contributed by atoms with van der Waals surface area (Å²) in [6, 6.07) is 18.5. The summed E-state index contributed by atoms with van der Waals surface area (Å²) >= 11 is 7.46. The van der Waals surface area contributed by atoms with Crippen LogP contribution in [0.1, 0.15) is 12.7 Å². The van der Waals surface area contributed by atoms with Crippen molar-refractivity contribution in [1.82, 2.24) is 14.8 Å². The van der Waals surface area contributed by atoms with Gasteiger partial charge in [0.15, 0.2) is 11.0 Å². The van der Waals surface area contributed by atoms with Crippen molar-refractivity contribution in [2.45, 2.75) is 18.6 Å². The van der Waals surface area contributed by atoms with Gasteiger partial charge in [-0.1, -0.05) is 47.6 Å². The number of aromatic nitrogens is 3. The van der Waals surface area contributed by atoms with E-state index < -0.39 is 0 Å². The van der Waals surface area contributed by atoms with Crippen LogP contribution in [-0.2, 0) is 11.3 Å². The molecule has 164 valence electrons. The summed E-state index contributed by atoms with van der Waals surface area (Å²) in [4.78, 5) is 12.6. The molecule has 0 radical (unpaired) electrons. The van der Waals surface area contributed by atoms with E-state index in [1.165, 1.54) is 11.8 Å². The number of halogens is 1. The van der Waals surface area contributed by atoms with E-state index in [1.54, 1.807) is 12.3 Å². The Kier molecular flexibility index (Phi) is 7.14. The number of carbonyl (C=O) groups excluding carboxylic acids is 1. The van der Waals surface area contributed by atoms with Gasteiger partial charge in [-0.15, -0.1) is 10.2 Å². The van der Waals surface area contributed by atoms with Gasteiger partial charge in [-0.2, -0.15) is 0 Å². The average molecular weight is 469 g/mol. The molecule has 9 heteroatoms. The lowest BCUT2D eigenvalue weighted by Crippen LogP contribution is -2.15. The first kappa shape index (κ1) is 22.0. The van der Waals surface area contributed by atoms with Crippen LogP contribution in [0.5, 0.6) is 5.75 Å². The normalized spacial score (nSPS) is 10.8. The maximum atomic E-state index is 12.6. The lowest BCUT2D eigenvalue weighted by Gasteiger charge is -2.11. The van der Waals surface area contributed by atoms with Crippen LogP contribution in [0.3, 0.4) is 0 Å². The van der Waals surface area contributed by atoms with Crippen LogP contribution in [0.4, 0.5) is 5.69 Å². The topological polar surface area (TPSA) is 82.2 Å². The number of anilines is 1. The van der Waals surface area contributed by atoms with E-state index in [1.807, 2.05) is 66.1 Å². The van der Waals surface area contributed by atoms with Crippen LogP contribution < -0.4 is 10.1 Å². The molecule has 0 unspecified atom stereocenters. The Bertz CT molecular complexity index is 1190. The minimum absolute atomic E-state index is 0.159. The van der Waals surface area contributed by atoms with Gasteiger partial charge in [-0.3, -0.25) is 9.36 Å². The smallest absolute Gasteiger partial charge is 0.234 e. The molecule has 4 rings (SSSR count). The number of nitrogens with zero attached hydrogens (tertiary/aromatic N) is 3. The van der Waals surface area contributed by atoms with Gasteiger partial charge in [0.05, 0.1) is 30.9 Å². The summed E-state index contributed by atoms with van der Waals surface area (Å²) in [5, 5.41) is 12.8. The first-order valence-corrected chi connectivity index (χ1v) is 11.4. The van der Waals surface area contributed by atoms with Crippen molar-refractivity contribution >= 4 is 35.0 Å². The highest BCUT2D eigenvalue weighted by atomic mass is 35.5.